The summed E-state index contributed by atoms with van der Waals surface area (Å²) in [5.74, 6) is 0.353. The van der Waals surface area contributed by atoms with Crippen molar-refractivity contribution in [2.24, 2.45) is 0 Å². The van der Waals surface area contributed by atoms with Crippen molar-refractivity contribution in [1.29, 1.82) is 0 Å². The van der Waals surface area contributed by atoms with Crippen LogP contribution in [0.2, 0.25) is 0 Å². The van der Waals surface area contributed by atoms with Crippen LogP contribution in [0, 0.1) is 0 Å². The molecule has 0 saturated carbocycles. The highest BCUT2D eigenvalue weighted by molar-refractivity contribution is 5.56. The zero-order chi connectivity index (χ0) is 13.7. The van der Waals surface area contributed by atoms with Crippen LogP contribution >= 0.6 is 0 Å². The Morgan fingerprint density at radius 2 is 1.95 bits per heavy atom. The summed E-state index contributed by atoms with van der Waals surface area (Å²) in [6, 6.07) is 12.2. The average molecular weight is 256 g/mol. The van der Waals surface area contributed by atoms with E-state index >= 15 is 0 Å². The number of phenols is 1. The highest BCUT2D eigenvalue weighted by atomic mass is 16.3. The molecule has 0 fully saturated rings. The number of aliphatic hydroxyl groups is 1. The van der Waals surface area contributed by atoms with Crippen molar-refractivity contribution < 1.29 is 10.2 Å². The summed E-state index contributed by atoms with van der Waals surface area (Å²) in [5.41, 5.74) is 1.36. The van der Waals surface area contributed by atoms with E-state index in [1.165, 1.54) is 0 Å². The van der Waals surface area contributed by atoms with Crippen molar-refractivity contribution in [3.05, 3.63) is 66.2 Å². The Morgan fingerprint density at radius 3 is 2.58 bits per heavy atom. The molecule has 0 unspecified atom stereocenters. The van der Waals surface area contributed by atoms with Crippen LogP contribution in [-0.2, 0) is 0 Å². The van der Waals surface area contributed by atoms with Crippen molar-refractivity contribution >= 4 is 5.69 Å². The van der Waals surface area contributed by atoms with Gasteiger partial charge in [-0.2, -0.15) is 0 Å². The monoisotopic (exact) mass is 256 g/mol. The maximum atomic E-state index is 9.77. The molecule has 0 bridgehead atoms. The fourth-order valence-electron chi connectivity index (χ4n) is 1.77. The molecule has 1 atom stereocenters. The maximum Gasteiger partial charge on any atom is 0.138 e. The number of pyridine rings is 1. The van der Waals surface area contributed by atoms with Crippen LogP contribution in [0.1, 0.15) is 18.7 Å². The topological polar surface area (TPSA) is 65.4 Å². The van der Waals surface area contributed by atoms with E-state index in [4.69, 9.17) is 0 Å². The van der Waals surface area contributed by atoms with Crippen LogP contribution in [0.25, 0.3) is 0 Å². The van der Waals surface area contributed by atoms with E-state index < -0.39 is 0 Å². The normalized spacial score (nSPS) is 13.0. The van der Waals surface area contributed by atoms with Gasteiger partial charge >= 0.3 is 0 Å². The Bertz CT molecular complexity index is 563. The minimum Gasteiger partial charge on any atom is -0.513 e. The lowest BCUT2D eigenvalue weighted by molar-refractivity contribution is 0.410. The van der Waals surface area contributed by atoms with E-state index in [9.17, 15) is 10.2 Å². The number of hydrogen-bond acceptors (Lipinski definition) is 4. The summed E-state index contributed by atoms with van der Waals surface area (Å²) in [4.78, 5) is 4.26. The van der Waals surface area contributed by atoms with Gasteiger partial charge in [0.2, 0.25) is 0 Å². The van der Waals surface area contributed by atoms with E-state index in [1.807, 2.05) is 24.3 Å². The van der Waals surface area contributed by atoms with Crippen LogP contribution < -0.4 is 5.32 Å². The highest BCUT2D eigenvalue weighted by Crippen LogP contribution is 2.27. The van der Waals surface area contributed by atoms with E-state index in [0.717, 1.165) is 5.69 Å². The summed E-state index contributed by atoms with van der Waals surface area (Å²) in [6.45, 7) is 1.60. The van der Waals surface area contributed by atoms with Gasteiger partial charge in [0.05, 0.1) is 23.2 Å². The quantitative estimate of drug-likeness (QED) is 0.579. The molecule has 1 heterocycles. The lowest BCUT2D eigenvalue weighted by Crippen LogP contribution is -2.10. The number of allylic oxidation sites excluding steroid dienone is 1. The fourth-order valence-corrected chi connectivity index (χ4v) is 1.77. The van der Waals surface area contributed by atoms with Crippen molar-refractivity contribution in [2.45, 2.75) is 13.0 Å². The minimum absolute atomic E-state index is 0.160. The van der Waals surface area contributed by atoms with E-state index in [1.54, 1.807) is 37.4 Å². The number of hydrogen-bond donors (Lipinski definition) is 3. The molecule has 4 nitrogen and oxygen atoms in total. The van der Waals surface area contributed by atoms with Gasteiger partial charge in [-0.15, -0.1) is 0 Å². The summed E-state index contributed by atoms with van der Waals surface area (Å²) in [5, 5.41) is 22.4. The summed E-state index contributed by atoms with van der Waals surface area (Å²) >= 11 is 0. The standard InChI is InChI=1S/C15H16N2O2/c1-11(18)10-14(12-6-4-5-9-16-12)17-13-7-2-3-8-15(13)19/h2-10,14,17-19H,1H3/b11-10-/t14-/m1/s1. The van der Waals surface area contributed by atoms with Crippen molar-refractivity contribution in [1.82, 2.24) is 4.98 Å². The van der Waals surface area contributed by atoms with Crippen LogP contribution in [0.4, 0.5) is 5.69 Å². The van der Waals surface area contributed by atoms with Gasteiger partial charge in [-0.3, -0.25) is 4.98 Å². The maximum absolute atomic E-state index is 9.77. The first-order valence-electron chi connectivity index (χ1n) is 5.99. The molecular weight excluding hydrogens is 240 g/mol. The molecule has 0 amide bonds. The van der Waals surface area contributed by atoms with Crippen LogP contribution in [0.5, 0.6) is 5.75 Å². The number of nitrogens with zero attached hydrogens (tertiary/aromatic N) is 1. The molecule has 4 heteroatoms. The first kappa shape index (κ1) is 13.0. The van der Waals surface area contributed by atoms with Gasteiger partial charge in [0.25, 0.3) is 0 Å². The van der Waals surface area contributed by atoms with Gasteiger partial charge in [-0.05, 0) is 37.3 Å². The first-order chi connectivity index (χ1) is 9.16. The van der Waals surface area contributed by atoms with E-state index in [2.05, 4.69) is 10.3 Å². The number of aromatic nitrogens is 1. The van der Waals surface area contributed by atoms with E-state index in [0.29, 0.717) is 5.69 Å². The molecule has 1 aromatic carbocycles. The minimum atomic E-state index is -0.306. The third-order valence-electron chi connectivity index (χ3n) is 2.63. The Hall–Kier alpha value is -2.49. The average Bonchev–Trinajstić information content (AvgIpc) is 2.41. The molecule has 2 aromatic rings. The smallest absolute Gasteiger partial charge is 0.138 e. The molecule has 2 rings (SSSR count). The Kier molecular flexibility index (Phi) is 4.03. The van der Waals surface area contributed by atoms with Crippen molar-refractivity contribution in [2.75, 3.05) is 5.32 Å². The molecular formula is C15H16N2O2. The number of benzene rings is 1. The molecule has 0 saturated heterocycles. The largest absolute Gasteiger partial charge is 0.513 e. The Balaban J connectivity index is 2.30. The molecule has 0 spiro atoms. The molecule has 3 N–H and O–H groups in total. The van der Waals surface area contributed by atoms with Gasteiger partial charge in [0, 0.05) is 6.20 Å². The zero-order valence-electron chi connectivity index (χ0n) is 10.6. The van der Waals surface area contributed by atoms with Gasteiger partial charge in [-0.25, -0.2) is 0 Å². The molecule has 1 aromatic heterocycles. The van der Waals surface area contributed by atoms with Crippen LogP contribution in [0.3, 0.4) is 0 Å². The third-order valence-corrected chi connectivity index (χ3v) is 2.63. The van der Waals surface area contributed by atoms with Crippen molar-refractivity contribution in [3.8, 4) is 5.75 Å². The number of phenolic OH excluding ortho intramolecular Hbond substituents is 1. The predicted molar refractivity (Wildman–Crippen MR) is 75.1 cm³/mol. The molecule has 98 valence electrons. The van der Waals surface area contributed by atoms with Crippen LogP contribution in [0.15, 0.2) is 60.5 Å². The molecule has 0 aliphatic rings. The van der Waals surface area contributed by atoms with Crippen LogP contribution in [-0.4, -0.2) is 15.2 Å². The molecule has 0 aliphatic heterocycles. The highest BCUT2D eigenvalue weighted by Gasteiger charge is 2.11. The molecule has 19 heavy (non-hydrogen) atoms. The van der Waals surface area contributed by atoms with Gasteiger partial charge in [-0.1, -0.05) is 18.2 Å². The second-order valence-corrected chi connectivity index (χ2v) is 4.20. The van der Waals surface area contributed by atoms with Gasteiger partial charge in [0.15, 0.2) is 0 Å². The first-order valence-corrected chi connectivity index (χ1v) is 5.99. The lowest BCUT2D eigenvalue weighted by Gasteiger charge is -2.17. The third kappa shape index (κ3) is 3.48. The van der Waals surface area contributed by atoms with E-state index in [-0.39, 0.29) is 17.6 Å². The summed E-state index contributed by atoms with van der Waals surface area (Å²) in [6.07, 6.45) is 3.34. The summed E-state index contributed by atoms with van der Waals surface area (Å²) < 4.78 is 0. The fraction of sp³-hybridized carbons (Fsp3) is 0.133. The second-order valence-electron chi connectivity index (χ2n) is 4.20. The molecule has 0 radical (unpaired) electrons. The number of aliphatic hydroxyl groups excluding tert-OH is 1. The molecule has 0 aliphatic carbocycles. The SMILES string of the molecule is C/C(O)=C/[C@@H](Nc1ccccc1O)c1ccccn1. The van der Waals surface area contributed by atoms with Gasteiger partial charge in [0.1, 0.15) is 5.75 Å². The van der Waals surface area contributed by atoms with Crippen molar-refractivity contribution in [3.63, 3.8) is 0 Å². The zero-order valence-corrected chi connectivity index (χ0v) is 10.6. The lowest BCUT2D eigenvalue weighted by atomic mass is 10.1. The Morgan fingerprint density at radius 1 is 1.21 bits per heavy atom. The predicted octanol–water partition coefficient (Wildman–Crippen LogP) is 3.40. The number of rotatable bonds is 4. The Labute approximate surface area is 112 Å². The number of anilines is 1. The van der Waals surface area contributed by atoms with Gasteiger partial charge < -0.3 is 15.5 Å². The number of nitrogens with one attached hydrogen (secondary N) is 1. The number of aromatic hydroxyl groups is 1. The summed E-state index contributed by atoms with van der Waals surface area (Å²) in [7, 11) is 0. The number of para-hydroxylation sites is 2. The second kappa shape index (κ2) is 5.91.